The SMILES string of the molecule is CC(C)N(CCC(=O)N1CCCC1)S(C)(=O)=O. The number of carbonyl (C=O) groups excluding carboxylic acids is 1. The number of likely N-dealkylation sites (tertiary alicyclic amines) is 1. The van der Waals surface area contributed by atoms with Gasteiger partial charge in [0.2, 0.25) is 15.9 Å². The van der Waals surface area contributed by atoms with E-state index in [4.69, 9.17) is 0 Å². The minimum atomic E-state index is -3.22. The maximum absolute atomic E-state index is 11.8. The third kappa shape index (κ3) is 4.27. The summed E-state index contributed by atoms with van der Waals surface area (Å²) in [6, 6.07) is -0.101. The van der Waals surface area contributed by atoms with Crippen molar-refractivity contribution in [1.29, 1.82) is 0 Å². The molecule has 1 heterocycles. The van der Waals surface area contributed by atoms with Crippen molar-refractivity contribution in [2.24, 2.45) is 0 Å². The van der Waals surface area contributed by atoms with E-state index < -0.39 is 10.0 Å². The highest BCUT2D eigenvalue weighted by Crippen LogP contribution is 2.11. The van der Waals surface area contributed by atoms with Gasteiger partial charge in [-0.1, -0.05) is 0 Å². The third-order valence-electron chi connectivity index (χ3n) is 3.01. The number of carbonyl (C=O) groups is 1. The summed E-state index contributed by atoms with van der Waals surface area (Å²) in [7, 11) is -3.22. The van der Waals surface area contributed by atoms with Gasteiger partial charge in [0.15, 0.2) is 0 Å². The Labute approximate surface area is 104 Å². The molecule has 0 aliphatic carbocycles. The van der Waals surface area contributed by atoms with E-state index in [1.807, 2.05) is 18.7 Å². The van der Waals surface area contributed by atoms with Gasteiger partial charge in [-0.05, 0) is 26.7 Å². The quantitative estimate of drug-likeness (QED) is 0.731. The largest absolute Gasteiger partial charge is 0.343 e. The Balaban J connectivity index is 2.49. The molecule has 0 saturated carbocycles. The van der Waals surface area contributed by atoms with Gasteiger partial charge in [-0.2, -0.15) is 4.31 Å². The first-order chi connectivity index (χ1) is 7.82. The molecule has 5 nitrogen and oxygen atoms in total. The van der Waals surface area contributed by atoms with E-state index in [2.05, 4.69) is 0 Å². The van der Waals surface area contributed by atoms with Crippen LogP contribution in [0.2, 0.25) is 0 Å². The van der Waals surface area contributed by atoms with Crippen molar-refractivity contribution < 1.29 is 13.2 Å². The third-order valence-corrected chi connectivity index (χ3v) is 4.46. The Kier molecular flexibility index (Phi) is 4.94. The van der Waals surface area contributed by atoms with Crippen LogP contribution in [0, 0.1) is 0 Å². The molecule has 1 saturated heterocycles. The number of rotatable bonds is 5. The summed E-state index contributed by atoms with van der Waals surface area (Å²) < 4.78 is 24.4. The van der Waals surface area contributed by atoms with Crippen molar-refractivity contribution in [3.63, 3.8) is 0 Å². The summed E-state index contributed by atoms with van der Waals surface area (Å²) in [5.41, 5.74) is 0. The topological polar surface area (TPSA) is 57.7 Å². The number of hydrogen-bond acceptors (Lipinski definition) is 3. The molecule has 1 fully saturated rings. The van der Waals surface area contributed by atoms with E-state index in [1.165, 1.54) is 10.6 Å². The lowest BCUT2D eigenvalue weighted by Gasteiger charge is -2.24. The van der Waals surface area contributed by atoms with E-state index in [-0.39, 0.29) is 24.9 Å². The molecule has 17 heavy (non-hydrogen) atoms. The molecule has 0 aromatic rings. The van der Waals surface area contributed by atoms with Gasteiger partial charge >= 0.3 is 0 Å². The lowest BCUT2D eigenvalue weighted by atomic mass is 10.3. The molecule has 0 aromatic carbocycles. The van der Waals surface area contributed by atoms with Gasteiger partial charge in [-0.25, -0.2) is 8.42 Å². The second-order valence-corrected chi connectivity index (χ2v) is 6.74. The van der Waals surface area contributed by atoms with Gasteiger partial charge in [-0.3, -0.25) is 4.79 Å². The maximum Gasteiger partial charge on any atom is 0.223 e. The molecule has 6 heteroatoms. The monoisotopic (exact) mass is 262 g/mol. The maximum atomic E-state index is 11.8. The Morgan fingerprint density at radius 1 is 1.29 bits per heavy atom. The molecule has 0 spiro atoms. The smallest absolute Gasteiger partial charge is 0.223 e. The molecule has 0 atom stereocenters. The molecule has 0 radical (unpaired) electrons. The summed E-state index contributed by atoms with van der Waals surface area (Å²) in [4.78, 5) is 13.6. The van der Waals surface area contributed by atoms with Crippen molar-refractivity contribution in [2.45, 2.75) is 39.2 Å². The average molecular weight is 262 g/mol. The number of amides is 1. The molecule has 0 unspecified atom stereocenters. The molecule has 0 aromatic heterocycles. The second kappa shape index (κ2) is 5.82. The van der Waals surface area contributed by atoms with Crippen LogP contribution in [0.15, 0.2) is 0 Å². The summed E-state index contributed by atoms with van der Waals surface area (Å²) in [6.45, 7) is 5.56. The number of nitrogens with zero attached hydrogens (tertiary/aromatic N) is 2. The van der Waals surface area contributed by atoms with Crippen LogP contribution in [0.1, 0.15) is 33.1 Å². The van der Waals surface area contributed by atoms with Crippen molar-refractivity contribution in [1.82, 2.24) is 9.21 Å². The minimum Gasteiger partial charge on any atom is -0.343 e. The standard InChI is InChI=1S/C11H22N2O3S/c1-10(2)13(17(3,15)16)9-6-11(14)12-7-4-5-8-12/h10H,4-9H2,1-3H3. The first-order valence-corrected chi connectivity index (χ1v) is 7.92. The van der Waals surface area contributed by atoms with Crippen molar-refractivity contribution in [3.8, 4) is 0 Å². The summed E-state index contributed by atoms with van der Waals surface area (Å²) in [6.07, 6.45) is 3.59. The Bertz CT molecular complexity index is 359. The number of hydrogen-bond donors (Lipinski definition) is 0. The van der Waals surface area contributed by atoms with Gasteiger partial charge in [0.05, 0.1) is 6.26 Å². The molecule has 0 N–H and O–H groups in total. The van der Waals surface area contributed by atoms with Gasteiger partial charge < -0.3 is 4.90 Å². The van der Waals surface area contributed by atoms with Crippen LogP contribution in [0.5, 0.6) is 0 Å². The molecule has 1 aliphatic heterocycles. The predicted octanol–water partition coefficient (Wildman–Crippen LogP) is 0.669. The predicted molar refractivity (Wildman–Crippen MR) is 67.1 cm³/mol. The molecule has 1 aliphatic rings. The van der Waals surface area contributed by atoms with Gasteiger partial charge in [-0.15, -0.1) is 0 Å². The Morgan fingerprint density at radius 2 is 1.82 bits per heavy atom. The van der Waals surface area contributed by atoms with Crippen LogP contribution in [-0.2, 0) is 14.8 Å². The van der Waals surface area contributed by atoms with Crippen LogP contribution in [-0.4, -0.2) is 55.5 Å². The van der Waals surface area contributed by atoms with Gasteiger partial charge in [0.1, 0.15) is 0 Å². The fourth-order valence-electron chi connectivity index (χ4n) is 2.14. The van der Waals surface area contributed by atoms with Crippen LogP contribution < -0.4 is 0 Å². The zero-order chi connectivity index (χ0) is 13.1. The van der Waals surface area contributed by atoms with Gasteiger partial charge in [0.25, 0.3) is 0 Å². The van der Waals surface area contributed by atoms with Gasteiger partial charge in [0, 0.05) is 32.1 Å². The highest BCUT2D eigenvalue weighted by molar-refractivity contribution is 7.88. The lowest BCUT2D eigenvalue weighted by Crippen LogP contribution is -2.39. The minimum absolute atomic E-state index is 0.0665. The Morgan fingerprint density at radius 3 is 2.24 bits per heavy atom. The fourth-order valence-corrected chi connectivity index (χ4v) is 3.33. The summed E-state index contributed by atoms with van der Waals surface area (Å²) >= 11 is 0. The second-order valence-electron chi connectivity index (χ2n) is 4.81. The van der Waals surface area contributed by atoms with E-state index in [0.717, 1.165) is 25.9 Å². The van der Waals surface area contributed by atoms with Crippen LogP contribution >= 0.6 is 0 Å². The first kappa shape index (κ1) is 14.4. The van der Waals surface area contributed by atoms with E-state index in [1.54, 1.807) is 0 Å². The molecule has 100 valence electrons. The van der Waals surface area contributed by atoms with Crippen LogP contribution in [0.4, 0.5) is 0 Å². The normalized spacial score (nSPS) is 17.1. The average Bonchev–Trinajstić information content (AvgIpc) is 2.67. The molecule has 0 bridgehead atoms. The molecular weight excluding hydrogens is 240 g/mol. The number of sulfonamides is 1. The van der Waals surface area contributed by atoms with Crippen molar-refractivity contribution in [2.75, 3.05) is 25.9 Å². The Hall–Kier alpha value is -0.620. The molecular formula is C11H22N2O3S. The molecule has 1 rings (SSSR count). The summed E-state index contributed by atoms with van der Waals surface area (Å²) in [5.74, 6) is 0.0665. The van der Waals surface area contributed by atoms with E-state index in [9.17, 15) is 13.2 Å². The van der Waals surface area contributed by atoms with Crippen molar-refractivity contribution >= 4 is 15.9 Å². The van der Waals surface area contributed by atoms with E-state index >= 15 is 0 Å². The van der Waals surface area contributed by atoms with Crippen LogP contribution in [0.25, 0.3) is 0 Å². The summed E-state index contributed by atoms with van der Waals surface area (Å²) in [5, 5.41) is 0. The van der Waals surface area contributed by atoms with Crippen LogP contribution in [0.3, 0.4) is 0 Å². The first-order valence-electron chi connectivity index (χ1n) is 6.07. The van der Waals surface area contributed by atoms with E-state index in [0.29, 0.717) is 0 Å². The highest BCUT2D eigenvalue weighted by atomic mass is 32.2. The van der Waals surface area contributed by atoms with Crippen molar-refractivity contribution in [3.05, 3.63) is 0 Å². The zero-order valence-corrected chi connectivity index (χ0v) is 11.7. The highest BCUT2D eigenvalue weighted by Gasteiger charge is 2.23. The zero-order valence-electron chi connectivity index (χ0n) is 10.8. The fraction of sp³-hybridized carbons (Fsp3) is 0.909. The molecule has 1 amide bonds. The lowest BCUT2D eigenvalue weighted by molar-refractivity contribution is -0.130.